The number of anilines is 1. The Morgan fingerprint density at radius 1 is 1.07 bits per heavy atom. The maximum Gasteiger partial charge on any atom is 0.244 e. The maximum atomic E-state index is 13.2. The van der Waals surface area contributed by atoms with Gasteiger partial charge in [-0.2, -0.15) is 4.31 Å². The van der Waals surface area contributed by atoms with Crippen LogP contribution in [-0.4, -0.2) is 45.4 Å². The maximum absolute atomic E-state index is 13.2. The third-order valence-electron chi connectivity index (χ3n) is 4.85. The molecule has 28 heavy (non-hydrogen) atoms. The second-order valence-electron chi connectivity index (χ2n) is 6.62. The van der Waals surface area contributed by atoms with Crippen molar-refractivity contribution in [3.8, 4) is 11.5 Å². The highest BCUT2D eigenvalue weighted by Crippen LogP contribution is 2.30. The summed E-state index contributed by atoms with van der Waals surface area (Å²) < 4.78 is 38.1. The third-order valence-corrected chi connectivity index (χ3v) is 6.90. The number of benzene rings is 2. The highest BCUT2D eigenvalue weighted by atomic mass is 32.2. The summed E-state index contributed by atoms with van der Waals surface area (Å²) in [6, 6.07) is 11.1. The number of ether oxygens (including phenoxy) is 2. The van der Waals surface area contributed by atoms with Gasteiger partial charge in [0.05, 0.1) is 19.1 Å². The summed E-state index contributed by atoms with van der Waals surface area (Å²) in [5, 5.41) is 2.80. The van der Waals surface area contributed by atoms with Crippen LogP contribution in [0.15, 0.2) is 47.4 Å². The molecule has 0 saturated carbocycles. The number of amides is 1. The van der Waals surface area contributed by atoms with E-state index in [1.807, 2.05) is 0 Å². The van der Waals surface area contributed by atoms with Gasteiger partial charge < -0.3 is 14.8 Å². The van der Waals surface area contributed by atoms with Crippen LogP contribution in [0.2, 0.25) is 0 Å². The molecule has 1 amide bonds. The first kappa shape index (κ1) is 20.2. The van der Waals surface area contributed by atoms with Gasteiger partial charge in [-0.3, -0.25) is 4.79 Å². The Morgan fingerprint density at radius 2 is 1.71 bits per heavy atom. The fourth-order valence-electron chi connectivity index (χ4n) is 3.30. The van der Waals surface area contributed by atoms with Crippen molar-refractivity contribution in [3.05, 3.63) is 48.0 Å². The van der Waals surface area contributed by atoms with Crippen LogP contribution in [0.3, 0.4) is 0 Å². The number of sulfonamides is 1. The van der Waals surface area contributed by atoms with Gasteiger partial charge in [0, 0.05) is 18.3 Å². The number of methoxy groups -OCH3 is 2. The fraction of sp³-hybridized carbons (Fsp3) is 0.350. The van der Waals surface area contributed by atoms with Gasteiger partial charge in [-0.1, -0.05) is 6.07 Å². The van der Waals surface area contributed by atoms with Crippen LogP contribution in [-0.2, 0) is 14.8 Å². The number of aryl methyl sites for hydroxylation is 1. The van der Waals surface area contributed by atoms with E-state index in [-0.39, 0.29) is 10.8 Å². The SMILES string of the molecule is COc1ccc(NC(=O)C2CCCN2S(=O)(=O)c2cc(OC)ccc2C)cc1. The molecule has 0 bridgehead atoms. The number of carbonyl (C=O) groups excluding carboxylic acids is 1. The van der Waals surface area contributed by atoms with E-state index in [4.69, 9.17) is 9.47 Å². The van der Waals surface area contributed by atoms with E-state index in [1.165, 1.54) is 17.5 Å². The van der Waals surface area contributed by atoms with Crippen molar-refractivity contribution in [3.63, 3.8) is 0 Å². The van der Waals surface area contributed by atoms with Crippen LogP contribution in [0.4, 0.5) is 5.69 Å². The molecule has 0 radical (unpaired) electrons. The number of hydrogen-bond acceptors (Lipinski definition) is 5. The van der Waals surface area contributed by atoms with Gasteiger partial charge in [-0.05, 0) is 55.7 Å². The van der Waals surface area contributed by atoms with Crippen molar-refractivity contribution < 1.29 is 22.7 Å². The lowest BCUT2D eigenvalue weighted by molar-refractivity contribution is -0.119. The third kappa shape index (κ3) is 3.98. The van der Waals surface area contributed by atoms with Crippen LogP contribution < -0.4 is 14.8 Å². The highest BCUT2D eigenvalue weighted by Gasteiger charge is 2.40. The molecular weight excluding hydrogens is 380 g/mol. The lowest BCUT2D eigenvalue weighted by Crippen LogP contribution is -2.43. The summed E-state index contributed by atoms with van der Waals surface area (Å²) in [5.41, 5.74) is 1.20. The number of rotatable bonds is 6. The van der Waals surface area contributed by atoms with Crippen LogP contribution >= 0.6 is 0 Å². The van der Waals surface area contributed by atoms with Gasteiger partial charge in [-0.15, -0.1) is 0 Å². The van der Waals surface area contributed by atoms with Gasteiger partial charge >= 0.3 is 0 Å². The van der Waals surface area contributed by atoms with Crippen LogP contribution in [0.25, 0.3) is 0 Å². The molecule has 2 aromatic rings. The monoisotopic (exact) mass is 404 g/mol. The summed E-state index contributed by atoms with van der Waals surface area (Å²) in [6.07, 6.45) is 1.10. The predicted octanol–water partition coefficient (Wildman–Crippen LogP) is 2.80. The zero-order valence-corrected chi connectivity index (χ0v) is 17.0. The van der Waals surface area contributed by atoms with Crippen LogP contribution in [0, 0.1) is 6.92 Å². The van der Waals surface area contributed by atoms with Crippen molar-refractivity contribution in [1.82, 2.24) is 4.31 Å². The predicted molar refractivity (Wildman–Crippen MR) is 106 cm³/mol. The van der Waals surface area contributed by atoms with Gasteiger partial charge in [0.2, 0.25) is 15.9 Å². The zero-order chi connectivity index (χ0) is 20.3. The second-order valence-corrected chi connectivity index (χ2v) is 8.48. The molecule has 0 aromatic heterocycles. The molecule has 7 nitrogen and oxygen atoms in total. The summed E-state index contributed by atoms with van der Waals surface area (Å²) in [5.74, 6) is 0.797. The molecule has 1 unspecified atom stereocenters. The molecule has 1 atom stereocenters. The van der Waals surface area contributed by atoms with E-state index < -0.39 is 16.1 Å². The molecule has 3 rings (SSSR count). The van der Waals surface area contributed by atoms with Gasteiger partial charge in [-0.25, -0.2) is 8.42 Å². The molecule has 1 fully saturated rings. The first-order valence-electron chi connectivity index (χ1n) is 8.98. The van der Waals surface area contributed by atoms with Crippen molar-refractivity contribution >= 4 is 21.6 Å². The molecular formula is C20H24N2O5S. The Kier molecular flexibility index (Phi) is 5.90. The lowest BCUT2D eigenvalue weighted by Gasteiger charge is -2.24. The average Bonchev–Trinajstić information content (AvgIpc) is 3.20. The average molecular weight is 404 g/mol. The number of carbonyl (C=O) groups is 1. The van der Waals surface area contributed by atoms with Crippen molar-refractivity contribution in [2.24, 2.45) is 0 Å². The highest BCUT2D eigenvalue weighted by molar-refractivity contribution is 7.89. The van der Waals surface area contributed by atoms with E-state index in [0.29, 0.717) is 42.1 Å². The second kappa shape index (κ2) is 8.20. The van der Waals surface area contributed by atoms with E-state index in [9.17, 15) is 13.2 Å². The topological polar surface area (TPSA) is 84.9 Å². The smallest absolute Gasteiger partial charge is 0.244 e. The number of hydrogen-bond donors (Lipinski definition) is 1. The molecule has 1 saturated heterocycles. The molecule has 0 spiro atoms. The van der Waals surface area contributed by atoms with Crippen LogP contribution in [0.1, 0.15) is 18.4 Å². The minimum absolute atomic E-state index is 0.163. The molecule has 1 aliphatic heterocycles. The number of nitrogens with zero attached hydrogens (tertiary/aromatic N) is 1. The standard InChI is InChI=1S/C20H24N2O5S/c1-14-6-9-17(27-3)13-19(14)28(24,25)22-12-4-5-18(22)20(23)21-15-7-10-16(26-2)11-8-15/h6-11,13,18H,4-5,12H2,1-3H3,(H,21,23). The van der Waals surface area contributed by atoms with Crippen molar-refractivity contribution in [2.75, 3.05) is 26.1 Å². The minimum atomic E-state index is -3.83. The largest absolute Gasteiger partial charge is 0.497 e. The van der Waals surface area contributed by atoms with E-state index >= 15 is 0 Å². The summed E-state index contributed by atoms with van der Waals surface area (Å²) >= 11 is 0. The first-order chi connectivity index (χ1) is 13.4. The summed E-state index contributed by atoms with van der Waals surface area (Å²) in [4.78, 5) is 13.0. The van der Waals surface area contributed by atoms with E-state index in [2.05, 4.69) is 5.32 Å². The zero-order valence-electron chi connectivity index (χ0n) is 16.1. The molecule has 8 heteroatoms. The molecule has 1 aliphatic rings. The molecule has 150 valence electrons. The Morgan fingerprint density at radius 3 is 2.36 bits per heavy atom. The summed E-state index contributed by atoms with van der Waals surface area (Å²) in [6.45, 7) is 2.04. The van der Waals surface area contributed by atoms with E-state index in [0.717, 1.165) is 0 Å². The fourth-order valence-corrected chi connectivity index (χ4v) is 5.20. The van der Waals surface area contributed by atoms with E-state index in [1.54, 1.807) is 50.4 Å². The first-order valence-corrected chi connectivity index (χ1v) is 10.4. The quantitative estimate of drug-likeness (QED) is 0.800. The van der Waals surface area contributed by atoms with Gasteiger partial charge in [0.1, 0.15) is 17.5 Å². The van der Waals surface area contributed by atoms with Crippen molar-refractivity contribution in [2.45, 2.75) is 30.7 Å². The Bertz CT molecular complexity index is 957. The molecule has 1 heterocycles. The summed E-state index contributed by atoms with van der Waals surface area (Å²) in [7, 11) is -0.774. The van der Waals surface area contributed by atoms with Crippen LogP contribution in [0.5, 0.6) is 11.5 Å². The normalized spacial score (nSPS) is 17.3. The molecule has 2 aromatic carbocycles. The molecule has 0 aliphatic carbocycles. The lowest BCUT2D eigenvalue weighted by atomic mass is 10.2. The van der Waals surface area contributed by atoms with Gasteiger partial charge in [0.15, 0.2) is 0 Å². The minimum Gasteiger partial charge on any atom is -0.497 e. The number of nitrogens with one attached hydrogen (secondary N) is 1. The Labute approximate surface area is 165 Å². The van der Waals surface area contributed by atoms with Gasteiger partial charge in [0.25, 0.3) is 0 Å². The Hall–Kier alpha value is -2.58. The van der Waals surface area contributed by atoms with Crippen molar-refractivity contribution in [1.29, 1.82) is 0 Å². The molecule has 1 N–H and O–H groups in total. The Balaban J connectivity index is 1.84.